The minimum atomic E-state index is 0.108. The molecule has 1 aliphatic heterocycles. The molecule has 0 radical (unpaired) electrons. The lowest BCUT2D eigenvalue weighted by Gasteiger charge is -2.32. The summed E-state index contributed by atoms with van der Waals surface area (Å²) in [5, 5.41) is 0. The first kappa shape index (κ1) is 14.8. The minimum Gasteiger partial charge on any atom is -0.308 e. The van der Waals surface area contributed by atoms with Crippen LogP contribution in [0.3, 0.4) is 0 Å². The summed E-state index contributed by atoms with van der Waals surface area (Å²) in [6.45, 7) is 6.77. The summed E-state index contributed by atoms with van der Waals surface area (Å²) in [5.41, 5.74) is 7.57. The van der Waals surface area contributed by atoms with E-state index in [0.29, 0.717) is 6.54 Å². The van der Waals surface area contributed by atoms with Crippen LogP contribution in [0.1, 0.15) is 43.4 Å². The van der Waals surface area contributed by atoms with E-state index in [1.54, 1.807) is 6.92 Å². The Morgan fingerprint density at radius 1 is 1.14 bits per heavy atom. The third-order valence-electron chi connectivity index (χ3n) is 4.69. The Morgan fingerprint density at radius 2 is 1.91 bits per heavy atom. The SMILES string of the molecule is CCCCc1ccc2c(c1C)CN(C(C)=O)c1ccccc1-2. The number of aryl methyl sites for hydroxylation is 1. The number of carbonyl (C=O) groups is 1. The van der Waals surface area contributed by atoms with E-state index in [9.17, 15) is 4.79 Å². The predicted molar refractivity (Wildman–Crippen MR) is 92.1 cm³/mol. The number of nitrogens with zero attached hydrogens (tertiary/aromatic N) is 1. The van der Waals surface area contributed by atoms with E-state index in [1.807, 2.05) is 23.1 Å². The molecule has 0 saturated heterocycles. The summed E-state index contributed by atoms with van der Waals surface area (Å²) in [6.07, 6.45) is 3.54. The van der Waals surface area contributed by atoms with E-state index in [-0.39, 0.29) is 5.91 Å². The summed E-state index contributed by atoms with van der Waals surface area (Å²) in [7, 11) is 0. The number of amides is 1. The third-order valence-corrected chi connectivity index (χ3v) is 4.69. The van der Waals surface area contributed by atoms with E-state index in [4.69, 9.17) is 0 Å². The fourth-order valence-corrected chi connectivity index (χ4v) is 3.36. The van der Waals surface area contributed by atoms with Crippen LogP contribution in [0.25, 0.3) is 11.1 Å². The number of carbonyl (C=O) groups excluding carboxylic acids is 1. The molecule has 0 atom stereocenters. The van der Waals surface area contributed by atoms with Crippen molar-refractivity contribution in [2.45, 2.75) is 46.6 Å². The first-order valence-corrected chi connectivity index (χ1v) is 8.12. The van der Waals surface area contributed by atoms with Crippen LogP contribution in [-0.4, -0.2) is 5.91 Å². The lowest BCUT2D eigenvalue weighted by Crippen LogP contribution is -2.31. The smallest absolute Gasteiger partial charge is 0.224 e. The van der Waals surface area contributed by atoms with Gasteiger partial charge in [-0.1, -0.05) is 43.7 Å². The van der Waals surface area contributed by atoms with E-state index in [0.717, 1.165) is 12.1 Å². The molecule has 0 unspecified atom stereocenters. The molecule has 0 spiro atoms. The van der Waals surface area contributed by atoms with Crippen LogP contribution >= 0.6 is 0 Å². The molecule has 2 heteroatoms. The van der Waals surface area contributed by atoms with Crippen molar-refractivity contribution in [1.29, 1.82) is 0 Å². The number of fused-ring (bicyclic) bond motifs is 3. The highest BCUT2D eigenvalue weighted by atomic mass is 16.2. The van der Waals surface area contributed by atoms with Gasteiger partial charge in [0.1, 0.15) is 0 Å². The fraction of sp³-hybridized carbons (Fsp3) is 0.350. The Bertz CT molecular complexity index is 718. The Morgan fingerprint density at radius 3 is 2.64 bits per heavy atom. The van der Waals surface area contributed by atoms with E-state index in [2.05, 4.69) is 32.0 Å². The van der Waals surface area contributed by atoms with Crippen molar-refractivity contribution >= 4 is 11.6 Å². The fourth-order valence-electron chi connectivity index (χ4n) is 3.36. The quantitative estimate of drug-likeness (QED) is 0.790. The summed E-state index contributed by atoms with van der Waals surface area (Å²) >= 11 is 0. The standard InChI is InChI=1S/C20H23NO/c1-4-5-8-16-11-12-17-18-9-6-7-10-20(18)21(15(3)22)13-19(17)14(16)2/h6-7,9-12H,4-5,8,13H2,1-3H3. The zero-order valence-corrected chi connectivity index (χ0v) is 13.6. The molecule has 1 aliphatic rings. The average molecular weight is 293 g/mol. The van der Waals surface area contributed by atoms with Gasteiger partial charge >= 0.3 is 0 Å². The number of hydrogen-bond acceptors (Lipinski definition) is 1. The minimum absolute atomic E-state index is 0.108. The maximum atomic E-state index is 12.1. The number of rotatable bonds is 3. The molecule has 0 aromatic heterocycles. The van der Waals surface area contributed by atoms with E-state index < -0.39 is 0 Å². The molecule has 3 rings (SSSR count). The zero-order chi connectivity index (χ0) is 15.7. The number of hydrogen-bond donors (Lipinski definition) is 0. The second-order valence-electron chi connectivity index (χ2n) is 6.10. The van der Waals surface area contributed by atoms with Gasteiger partial charge in [0.25, 0.3) is 0 Å². The Balaban J connectivity index is 2.14. The molecule has 0 fully saturated rings. The molecule has 22 heavy (non-hydrogen) atoms. The maximum Gasteiger partial charge on any atom is 0.224 e. The van der Waals surface area contributed by atoms with Crippen molar-refractivity contribution in [2.75, 3.05) is 4.90 Å². The molecular weight excluding hydrogens is 270 g/mol. The van der Waals surface area contributed by atoms with Crippen molar-refractivity contribution in [3.63, 3.8) is 0 Å². The summed E-state index contributed by atoms with van der Waals surface area (Å²) in [4.78, 5) is 14.0. The normalized spacial score (nSPS) is 12.8. The summed E-state index contributed by atoms with van der Waals surface area (Å²) in [6, 6.07) is 12.7. The molecule has 1 amide bonds. The van der Waals surface area contributed by atoms with Gasteiger partial charge < -0.3 is 4.90 Å². The van der Waals surface area contributed by atoms with Gasteiger partial charge in [0, 0.05) is 12.5 Å². The summed E-state index contributed by atoms with van der Waals surface area (Å²) < 4.78 is 0. The number of anilines is 1. The van der Waals surface area contributed by atoms with Crippen molar-refractivity contribution in [3.8, 4) is 11.1 Å². The molecule has 2 nitrogen and oxygen atoms in total. The van der Waals surface area contributed by atoms with Gasteiger partial charge in [0.05, 0.1) is 12.2 Å². The molecule has 0 N–H and O–H groups in total. The Labute approximate surface area is 132 Å². The van der Waals surface area contributed by atoms with Crippen LogP contribution in [0.4, 0.5) is 5.69 Å². The van der Waals surface area contributed by atoms with Gasteiger partial charge in [-0.15, -0.1) is 0 Å². The first-order chi connectivity index (χ1) is 10.6. The van der Waals surface area contributed by atoms with Crippen LogP contribution in [0, 0.1) is 6.92 Å². The molecule has 114 valence electrons. The van der Waals surface area contributed by atoms with Crippen molar-refractivity contribution in [3.05, 3.63) is 53.1 Å². The summed E-state index contributed by atoms with van der Waals surface area (Å²) in [5.74, 6) is 0.108. The largest absolute Gasteiger partial charge is 0.308 e. The third kappa shape index (κ3) is 2.43. The van der Waals surface area contributed by atoms with E-state index in [1.165, 1.54) is 40.7 Å². The zero-order valence-electron chi connectivity index (χ0n) is 13.6. The van der Waals surface area contributed by atoms with Crippen molar-refractivity contribution < 1.29 is 4.79 Å². The molecule has 1 heterocycles. The lowest BCUT2D eigenvalue weighted by atomic mass is 9.87. The highest BCUT2D eigenvalue weighted by Gasteiger charge is 2.25. The van der Waals surface area contributed by atoms with Crippen LogP contribution in [0.15, 0.2) is 36.4 Å². The number of unbranched alkanes of at least 4 members (excludes halogenated alkanes) is 1. The van der Waals surface area contributed by atoms with Gasteiger partial charge in [-0.2, -0.15) is 0 Å². The van der Waals surface area contributed by atoms with Gasteiger partial charge in [-0.25, -0.2) is 0 Å². The second kappa shape index (κ2) is 5.96. The molecule has 2 aromatic rings. The second-order valence-corrected chi connectivity index (χ2v) is 6.10. The van der Waals surface area contributed by atoms with Gasteiger partial charge in [0.15, 0.2) is 0 Å². The lowest BCUT2D eigenvalue weighted by molar-refractivity contribution is -0.116. The maximum absolute atomic E-state index is 12.1. The van der Waals surface area contributed by atoms with Crippen molar-refractivity contribution in [1.82, 2.24) is 0 Å². The highest BCUT2D eigenvalue weighted by Crippen LogP contribution is 2.41. The van der Waals surface area contributed by atoms with Crippen LogP contribution < -0.4 is 4.90 Å². The van der Waals surface area contributed by atoms with Gasteiger partial charge in [0.2, 0.25) is 5.91 Å². The van der Waals surface area contributed by atoms with Gasteiger partial charge in [-0.05, 0) is 48.1 Å². The first-order valence-electron chi connectivity index (χ1n) is 8.12. The molecule has 0 bridgehead atoms. The topological polar surface area (TPSA) is 20.3 Å². The van der Waals surface area contributed by atoms with Crippen LogP contribution in [0.2, 0.25) is 0 Å². The van der Waals surface area contributed by atoms with Gasteiger partial charge in [-0.3, -0.25) is 4.79 Å². The number of para-hydroxylation sites is 1. The predicted octanol–water partition coefficient (Wildman–Crippen LogP) is 4.87. The highest BCUT2D eigenvalue weighted by molar-refractivity contribution is 5.99. The monoisotopic (exact) mass is 293 g/mol. The van der Waals surface area contributed by atoms with Crippen LogP contribution in [0.5, 0.6) is 0 Å². The molecule has 0 aliphatic carbocycles. The number of benzene rings is 2. The Hall–Kier alpha value is -2.09. The average Bonchev–Trinajstić information content (AvgIpc) is 2.53. The molecule has 2 aromatic carbocycles. The molecule has 0 saturated carbocycles. The van der Waals surface area contributed by atoms with Crippen LogP contribution in [-0.2, 0) is 17.8 Å². The van der Waals surface area contributed by atoms with E-state index >= 15 is 0 Å². The van der Waals surface area contributed by atoms with Crippen molar-refractivity contribution in [2.24, 2.45) is 0 Å². The molecular formula is C20H23NO. The Kier molecular flexibility index (Phi) is 4.02.